The van der Waals surface area contributed by atoms with Gasteiger partial charge in [-0.3, -0.25) is 20.4 Å². The zero-order valence-corrected chi connectivity index (χ0v) is 17.0. The van der Waals surface area contributed by atoms with Gasteiger partial charge in [0.2, 0.25) is 0 Å². The van der Waals surface area contributed by atoms with Gasteiger partial charge in [-0.15, -0.1) is 0 Å². The summed E-state index contributed by atoms with van der Waals surface area (Å²) in [6.07, 6.45) is 0. The molecule has 0 saturated carbocycles. The van der Waals surface area contributed by atoms with E-state index < -0.39 is 11.8 Å². The molecule has 8 heteroatoms. The molecule has 0 aliphatic rings. The van der Waals surface area contributed by atoms with Crippen LogP contribution in [0.15, 0.2) is 52.9 Å². The summed E-state index contributed by atoms with van der Waals surface area (Å²) in [4.78, 5) is 36.3. The Hall–Kier alpha value is -3.81. The van der Waals surface area contributed by atoms with Gasteiger partial charge in [0, 0.05) is 29.1 Å². The van der Waals surface area contributed by atoms with Crippen LogP contribution < -0.4 is 21.5 Å². The molecule has 1 aromatic heterocycles. The van der Waals surface area contributed by atoms with E-state index >= 15 is 0 Å². The number of para-hydroxylation sites is 1. The standard InChI is InChI=1S/C22H24N4O4/c1-13(2)24-22(29)23-12-15-8-10-16(11-9-15)20(27)25-26-21(28)19-14(3)17-6-4-5-7-18(17)30-19/h4-11,13H,12H2,1-3H3,(H,25,27)(H,26,28)(H2,23,24,29). The summed E-state index contributed by atoms with van der Waals surface area (Å²) >= 11 is 0. The molecule has 30 heavy (non-hydrogen) atoms. The summed E-state index contributed by atoms with van der Waals surface area (Å²) in [5.41, 5.74) is 7.28. The summed E-state index contributed by atoms with van der Waals surface area (Å²) in [5.74, 6) is -0.846. The molecule has 0 fully saturated rings. The molecule has 4 amide bonds. The number of fused-ring (bicyclic) bond motifs is 1. The topological polar surface area (TPSA) is 112 Å². The van der Waals surface area contributed by atoms with Gasteiger partial charge in [-0.1, -0.05) is 30.3 Å². The summed E-state index contributed by atoms with van der Waals surface area (Å²) < 4.78 is 5.58. The summed E-state index contributed by atoms with van der Waals surface area (Å²) in [7, 11) is 0. The van der Waals surface area contributed by atoms with E-state index in [-0.39, 0.29) is 17.8 Å². The van der Waals surface area contributed by atoms with Gasteiger partial charge in [0.1, 0.15) is 5.58 Å². The van der Waals surface area contributed by atoms with E-state index in [1.54, 1.807) is 37.3 Å². The van der Waals surface area contributed by atoms with Gasteiger partial charge in [0.25, 0.3) is 5.91 Å². The summed E-state index contributed by atoms with van der Waals surface area (Å²) in [6, 6.07) is 13.8. The fourth-order valence-electron chi connectivity index (χ4n) is 2.90. The Morgan fingerprint density at radius 1 is 0.933 bits per heavy atom. The maximum Gasteiger partial charge on any atom is 0.315 e. The van der Waals surface area contributed by atoms with Gasteiger partial charge in [-0.25, -0.2) is 4.79 Å². The number of rotatable bonds is 5. The van der Waals surface area contributed by atoms with Crippen molar-refractivity contribution in [1.82, 2.24) is 21.5 Å². The van der Waals surface area contributed by atoms with E-state index in [4.69, 9.17) is 4.42 Å². The van der Waals surface area contributed by atoms with Crippen molar-refractivity contribution in [2.45, 2.75) is 33.4 Å². The molecule has 3 rings (SSSR count). The van der Waals surface area contributed by atoms with E-state index in [0.29, 0.717) is 23.3 Å². The van der Waals surface area contributed by atoms with Crippen molar-refractivity contribution in [3.05, 3.63) is 71.0 Å². The first kappa shape index (κ1) is 20.9. The number of urea groups is 1. The van der Waals surface area contributed by atoms with Crippen LogP contribution in [0, 0.1) is 6.92 Å². The lowest BCUT2D eigenvalue weighted by Crippen LogP contribution is -2.41. The molecular weight excluding hydrogens is 384 g/mol. The van der Waals surface area contributed by atoms with Crippen molar-refractivity contribution >= 4 is 28.8 Å². The predicted octanol–water partition coefficient (Wildman–Crippen LogP) is 3.02. The van der Waals surface area contributed by atoms with Gasteiger partial charge in [-0.05, 0) is 44.5 Å². The second-order valence-corrected chi connectivity index (χ2v) is 7.14. The zero-order valence-electron chi connectivity index (χ0n) is 17.0. The second kappa shape index (κ2) is 9.13. The molecule has 0 bridgehead atoms. The van der Waals surface area contributed by atoms with Crippen molar-refractivity contribution in [3.8, 4) is 0 Å². The summed E-state index contributed by atoms with van der Waals surface area (Å²) in [5, 5.41) is 6.32. The predicted molar refractivity (Wildman–Crippen MR) is 113 cm³/mol. The van der Waals surface area contributed by atoms with Crippen molar-refractivity contribution < 1.29 is 18.8 Å². The van der Waals surface area contributed by atoms with Crippen molar-refractivity contribution in [2.24, 2.45) is 0 Å². The van der Waals surface area contributed by atoms with Crippen LogP contribution in [0.2, 0.25) is 0 Å². The van der Waals surface area contributed by atoms with Crippen LogP contribution in [0.5, 0.6) is 0 Å². The molecule has 1 heterocycles. The molecule has 3 aromatic rings. The average molecular weight is 408 g/mol. The zero-order chi connectivity index (χ0) is 21.7. The minimum Gasteiger partial charge on any atom is -0.451 e. The number of nitrogens with one attached hydrogen (secondary N) is 4. The number of hydrogen-bond donors (Lipinski definition) is 4. The van der Waals surface area contributed by atoms with E-state index in [0.717, 1.165) is 10.9 Å². The molecule has 4 N–H and O–H groups in total. The van der Waals surface area contributed by atoms with Crippen LogP contribution in [0.3, 0.4) is 0 Å². The number of furan rings is 1. The van der Waals surface area contributed by atoms with E-state index in [9.17, 15) is 14.4 Å². The Bertz CT molecular complexity index is 1070. The fourth-order valence-corrected chi connectivity index (χ4v) is 2.90. The lowest BCUT2D eigenvalue weighted by atomic mass is 10.1. The monoisotopic (exact) mass is 408 g/mol. The number of hydrazine groups is 1. The Kier molecular flexibility index (Phi) is 6.36. The molecule has 0 aliphatic heterocycles. The highest BCUT2D eigenvalue weighted by Gasteiger charge is 2.18. The highest BCUT2D eigenvalue weighted by atomic mass is 16.3. The summed E-state index contributed by atoms with van der Waals surface area (Å²) in [6.45, 7) is 5.88. The van der Waals surface area contributed by atoms with Crippen molar-refractivity contribution in [3.63, 3.8) is 0 Å². The van der Waals surface area contributed by atoms with Crippen LogP contribution in [-0.4, -0.2) is 23.9 Å². The lowest BCUT2D eigenvalue weighted by Gasteiger charge is -2.10. The molecule has 2 aromatic carbocycles. The Morgan fingerprint density at radius 2 is 1.60 bits per heavy atom. The Labute approximate surface area is 174 Å². The molecule has 0 aliphatic carbocycles. The molecular formula is C22H24N4O4. The van der Waals surface area contributed by atoms with Gasteiger partial charge in [0.05, 0.1) is 0 Å². The first-order valence-electron chi connectivity index (χ1n) is 9.57. The third-order valence-electron chi connectivity index (χ3n) is 4.43. The third kappa shape index (κ3) is 4.96. The first-order valence-corrected chi connectivity index (χ1v) is 9.57. The van der Waals surface area contributed by atoms with Crippen LogP contribution >= 0.6 is 0 Å². The molecule has 0 unspecified atom stereocenters. The maximum absolute atomic E-state index is 12.4. The molecule has 0 atom stereocenters. The van der Waals surface area contributed by atoms with Gasteiger partial charge in [0.15, 0.2) is 5.76 Å². The molecule has 0 spiro atoms. The van der Waals surface area contributed by atoms with E-state index in [1.807, 2.05) is 32.0 Å². The van der Waals surface area contributed by atoms with Crippen LogP contribution in [-0.2, 0) is 6.54 Å². The van der Waals surface area contributed by atoms with E-state index in [2.05, 4.69) is 21.5 Å². The molecule has 8 nitrogen and oxygen atoms in total. The molecule has 0 radical (unpaired) electrons. The lowest BCUT2D eigenvalue weighted by molar-refractivity contribution is 0.0831. The third-order valence-corrected chi connectivity index (χ3v) is 4.43. The van der Waals surface area contributed by atoms with Crippen LogP contribution in [0.1, 0.15) is 45.9 Å². The largest absolute Gasteiger partial charge is 0.451 e. The smallest absolute Gasteiger partial charge is 0.315 e. The number of carbonyl (C=O) groups is 3. The van der Waals surface area contributed by atoms with Gasteiger partial charge in [-0.2, -0.15) is 0 Å². The van der Waals surface area contributed by atoms with E-state index in [1.165, 1.54) is 0 Å². The number of amides is 4. The Morgan fingerprint density at radius 3 is 2.27 bits per heavy atom. The van der Waals surface area contributed by atoms with Crippen molar-refractivity contribution in [2.75, 3.05) is 0 Å². The van der Waals surface area contributed by atoms with Crippen LogP contribution in [0.4, 0.5) is 4.79 Å². The van der Waals surface area contributed by atoms with Crippen molar-refractivity contribution in [1.29, 1.82) is 0 Å². The fraction of sp³-hybridized carbons (Fsp3) is 0.227. The minimum atomic E-state index is -0.533. The van der Waals surface area contributed by atoms with Crippen LogP contribution in [0.25, 0.3) is 11.0 Å². The number of carbonyl (C=O) groups excluding carboxylic acids is 3. The quantitative estimate of drug-likeness (QED) is 0.486. The maximum atomic E-state index is 12.4. The SMILES string of the molecule is Cc1c(C(=O)NNC(=O)c2ccc(CNC(=O)NC(C)C)cc2)oc2ccccc12. The normalized spacial score (nSPS) is 10.7. The second-order valence-electron chi connectivity index (χ2n) is 7.14. The van der Waals surface area contributed by atoms with Gasteiger partial charge < -0.3 is 15.1 Å². The highest BCUT2D eigenvalue weighted by molar-refractivity contribution is 6.01. The number of aryl methyl sites for hydroxylation is 1. The Balaban J connectivity index is 1.55. The minimum absolute atomic E-state index is 0.0506. The average Bonchev–Trinajstić information content (AvgIpc) is 3.07. The van der Waals surface area contributed by atoms with Gasteiger partial charge >= 0.3 is 11.9 Å². The molecule has 156 valence electrons. The first-order chi connectivity index (χ1) is 14.3. The molecule has 0 saturated heterocycles. The number of hydrogen-bond acceptors (Lipinski definition) is 4. The number of benzene rings is 2. The highest BCUT2D eigenvalue weighted by Crippen LogP contribution is 2.24.